The topological polar surface area (TPSA) is 78.4 Å². The van der Waals surface area contributed by atoms with Gasteiger partial charge in [0.05, 0.1) is 12.0 Å². The van der Waals surface area contributed by atoms with Gasteiger partial charge < -0.3 is 10.5 Å². The molecule has 0 heterocycles. The maximum Gasteiger partial charge on any atom is 0.426 e. The number of nitro groups is 1. The van der Waals surface area contributed by atoms with Crippen molar-refractivity contribution in [3.05, 3.63) is 33.4 Å². The third kappa shape index (κ3) is 2.64. The maximum absolute atomic E-state index is 12.7. The monoisotopic (exact) mass is 250 g/mol. The van der Waals surface area contributed by atoms with E-state index in [2.05, 4.69) is 4.74 Å². The first-order valence-corrected chi connectivity index (χ1v) is 4.43. The van der Waals surface area contributed by atoms with Crippen LogP contribution in [-0.2, 0) is 12.7 Å². The molecule has 1 rings (SSSR count). The van der Waals surface area contributed by atoms with Crippen LogP contribution in [0, 0.1) is 10.1 Å². The summed E-state index contributed by atoms with van der Waals surface area (Å²) in [7, 11) is 1.01. The summed E-state index contributed by atoms with van der Waals surface area (Å²) in [6.07, 6.45) is -4.86. The van der Waals surface area contributed by atoms with Crippen molar-refractivity contribution in [2.75, 3.05) is 7.11 Å². The Balaban J connectivity index is 3.58. The number of benzene rings is 1. The standard InChI is InChI=1S/C9H9F3N2O3/c1-17-7-3-5(4-13)2-6(14(15)16)8(7)9(10,11)12/h2-3H,4,13H2,1H3. The van der Waals surface area contributed by atoms with Gasteiger partial charge in [-0.15, -0.1) is 0 Å². The Morgan fingerprint density at radius 3 is 2.41 bits per heavy atom. The van der Waals surface area contributed by atoms with E-state index >= 15 is 0 Å². The van der Waals surface area contributed by atoms with Gasteiger partial charge in [0.25, 0.3) is 5.69 Å². The Morgan fingerprint density at radius 1 is 1.47 bits per heavy atom. The molecule has 94 valence electrons. The lowest BCUT2D eigenvalue weighted by molar-refractivity contribution is -0.388. The van der Waals surface area contributed by atoms with Crippen LogP contribution in [0.4, 0.5) is 18.9 Å². The quantitative estimate of drug-likeness (QED) is 0.658. The highest BCUT2D eigenvalue weighted by molar-refractivity contribution is 5.54. The zero-order valence-corrected chi connectivity index (χ0v) is 8.75. The molecule has 0 aliphatic carbocycles. The lowest BCUT2D eigenvalue weighted by Crippen LogP contribution is -2.12. The largest absolute Gasteiger partial charge is 0.496 e. The van der Waals surface area contributed by atoms with Crippen molar-refractivity contribution in [2.24, 2.45) is 5.73 Å². The van der Waals surface area contributed by atoms with Crippen LogP contribution in [-0.4, -0.2) is 12.0 Å². The van der Waals surface area contributed by atoms with Crippen molar-refractivity contribution in [3.8, 4) is 5.75 Å². The number of alkyl halides is 3. The Hall–Kier alpha value is -1.83. The van der Waals surface area contributed by atoms with E-state index in [4.69, 9.17) is 5.73 Å². The van der Waals surface area contributed by atoms with Gasteiger partial charge in [-0.1, -0.05) is 0 Å². The van der Waals surface area contributed by atoms with Gasteiger partial charge in [0.2, 0.25) is 0 Å². The fourth-order valence-corrected chi connectivity index (χ4v) is 1.36. The number of methoxy groups -OCH3 is 1. The van der Waals surface area contributed by atoms with Crippen LogP contribution in [0.1, 0.15) is 11.1 Å². The van der Waals surface area contributed by atoms with E-state index in [1.165, 1.54) is 0 Å². The Bertz CT molecular complexity index is 446. The molecule has 1 aromatic carbocycles. The first-order valence-electron chi connectivity index (χ1n) is 4.43. The second kappa shape index (κ2) is 4.58. The van der Waals surface area contributed by atoms with Gasteiger partial charge in [-0.05, 0) is 11.6 Å². The van der Waals surface area contributed by atoms with Gasteiger partial charge in [0, 0.05) is 12.6 Å². The van der Waals surface area contributed by atoms with E-state index in [9.17, 15) is 23.3 Å². The summed E-state index contributed by atoms with van der Waals surface area (Å²) in [6.45, 7) is -0.116. The lowest BCUT2D eigenvalue weighted by Gasteiger charge is -2.13. The molecule has 0 saturated carbocycles. The van der Waals surface area contributed by atoms with E-state index in [0.29, 0.717) is 0 Å². The molecule has 0 aromatic heterocycles. The number of hydrogen-bond donors (Lipinski definition) is 1. The number of nitrogens with two attached hydrogens (primary N) is 1. The van der Waals surface area contributed by atoms with E-state index in [1.807, 2.05) is 0 Å². The molecule has 0 amide bonds. The predicted octanol–water partition coefficient (Wildman–Crippen LogP) is 2.08. The van der Waals surface area contributed by atoms with Crippen LogP contribution in [0.5, 0.6) is 5.75 Å². The lowest BCUT2D eigenvalue weighted by atomic mass is 10.1. The van der Waals surface area contributed by atoms with Crippen molar-refractivity contribution in [2.45, 2.75) is 12.7 Å². The minimum atomic E-state index is -4.86. The van der Waals surface area contributed by atoms with Crippen LogP contribution in [0.25, 0.3) is 0 Å². The highest BCUT2D eigenvalue weighted by Crippen LogP contribution is 2.42. The number of ether oxygens (including phenoxy) is 1. The molecular weight excluding hydrogens is 241 g/mol. The van der Waals surface area contributed by atoms with E-state index in [1.54, 1.807) is 0 Å². The van der Waals surface area contributed by atoms with Crippen molar-refractivity contribution in [1.29, 1.82) is 0 Å². The first-order chi connectivity index (χ1) is 7.81. The van der Waals surface area contributed by atoms with Gasteiger partial charge in [-0.2, -0.15) is 13.2 Å². The zero-order valence-electron chi connectivity index (χ0n) is 8.75. The molecule has 5 nitrogen and oxygen atoms in total. The normalized spacial score (nSPS) is 11.4. The Kier molecular flexibility index (Phi) is 3.56. The Morgan fingerprint density at radius 2 is 2.06 bits per heavy atom. The molecule has 0 unspecified atom stereocenters. The molecular formula is C9H9F3N2O3. The average molecular weight is 250 g/mol. The van der Waals surface area contributed by atoms with E-state index in [-0.39, 0.29) is 12.1 Å². The van der Waals surface area contributed by atoms with E-state index in [0.717, 1.165) is 19.2 Å². The van der Waals surface area contributed by atoms with Crippen molar-refractivity contribution in [1.82, 2.24) is 0 Å². The molecule has 8 heteroatoms. The SMILES string of the molecule is COc1cc(CN)cc([N+](=O)[O-])c1C(F)(F)F. The average Bonchev–Trinajstić information content (AvgIpc) is 2.25. The summed E-state index contributed by atoms with van der Waals surface area (Å²) in [5, 5.41) is 10.6. The molecule has 17 heavy (non-hydrogen) atoms. The van der Waals surface area contributed by atoms with Crippen LogP contribution in [0.3, 0.4) is 0 Å². The van der Waals surface area contributed by atoms with Crippen LogP contribution in [0.2, 0.25) is 0 Å². The summed E-state index contributed by atoms with van der Waals surface area (Å²) in [4.78, 5) is 9.51. The third-order valence-electron chi connectivity index (χ3n) is 2.08. The second-order valence-electron chi connectivity index (χ2n) is 3.15. The van der Waals surface area contributed by atoms with Crippen LogP contribution < -0.4 is 10.5 Å². The van der Waals surface area contributed by atoms with Crippen LogP contribution in [0.15, 0.2) is 12.1 Å². The second-order valence-corrected chi connectivity index (χ2v) is 3.15. The third-order valence-corrected chi connectivity index (χ3v) is 2.08. The summed E-state index contributed by atoms with van der Waals surface area (Å²) >= 11 is 0. The summed E-state index contributed by atoms with van der Waals surface area (Å²) in [6, 6.07) is 1.83. The fraction of sp³-hybridized carbons (Fsp3) is 0.333. The maximum atomic E-state index is 12.7. The van der Waals surface area contributed by atoms with Gasteiger partial charge in [0.15, 0.2) is 5.56 Å². The van der Waals surface area contributed by atoms with Crippen LogP contribution >= 0.6 is 0 Å². The summed E-state index contributed by atoms with van der Waals surface area (Å²) in [5.41, 5.74) is 2.98. The van der Waals surface area contributed by atoms with Gasteiger partial charge in [-0.25, -0.2) is 0 Å². The molecule has 0 atom stereocenters. The molecule has 0 radical (unpaired) electrons. The smallest absolute Gasteiger partial charge is 0.426 e. The fourth-order valence-electron chi connectivity index (χ4n) is 1.36. The number of nitrogens with zero attached hydrogens (tertiary/aromatic N) is 1. The molecule has 0 saturated heterocycles. The van der Waals surface area contributed by atoms with Gasteiger partial charge >= 0.3 is 6.18 Å². The Labute approximate surface area is 94.1 Å². The molecule has 0 aliphatic heterocycles. The van der Waals surface area contributed by atoms with Gasteiger partial charge in [0.1, 0.15) is 5.75 Å². The minimum Gasteiger partial charge on any atom is -0.496 e. The van der Waals surface area contributed by atoms with Crippen molar-refractivity contribution >= 4 is 5.69 Å². The van der Waals surface area contributed by atoms with Gasteiger partial charge in [-0.3, -0.25) is 10.1 Å². The predicted molar refractivity (Wildman–Crippen MR) is 52.5 cm³/mol. The highest BCUT2D eigenvalue weighted by atomic mass is 19.4. The molecule has 1 aromatic rings. The minimum absolute atomic E-state index is 0.116. The van der Waals surface area contributed by atoms with Crippen molar-refractivity contribution in [3.63, 3.8) is 0 Å². The number of halogens is 3. The molecule has 0 fully saturated rings. The number of rotatable bonds is 3. The molecule has 0 bridgehead atoms. The highest BCUT2D eigenvalue weighted by Gasteiger charge is 2.42. The number of nitro benzene ring substituents is 1. The summed E-state index contributed by atoms with van der Waals surface area (Å²) < 4.78 is 42.6. The first kappa shape index (κ1) is 13.2. The summed E-state index contributed by atoms with van der Waals surface area (Å²) in [5.74, 6) is -0.604. The molecule has 0 spiro atoms. The molecule has 2 N–H and O–H groups in total. The number of hydrogen-bond acceptors (Lipinski definition) is 4. The molecule has 0 aliphatic rings. The van der Waals surface area contributed by atoms with E-state index < -0.39 is 28.1 Å². The van der Waals surface area contributed by atoms with Crippen molar-refractivity contribution < 1.29 is 22.8 Å². The zero-order chi connectivity index (χ0) is 13.2.